The number of hydrogen-bond donors (Lipinski definition) is 0. The highest BCUT2D eigenvalue weighted by Crippen LogP contribution is 2.36. The average molecular weight is 274 g/mol. The lowest BCUT2D eigenvalue weighted by Crippen LogP contribution is -2.08. The van der Waals surface area contributed by atoms with Gasteiger partial charge in [0.15, 0.2) is 0 Å². The molecule has 2 aromatic rings. The molecule has 0 fully saturated rings. The summed E-state index contributed by atoms with van der Waals surface area (Å²) >= 11 is 0. The molecule has 0 amide bonds. The lowest BCUT2D eigenvalue weighted by atomic mass is 9.81. The van der Waals surface area contributed by atoms with Gasteiger partial charge < -0.3 is 0 Å². The molecule has 0 heteroatoms. The minimum atomic E-state index is 0.279. The van der Waals surface area contributed by atoms with Crippen molar-refractivity contribution in [3.05, 3.63) is 77.9 Å². The highest BCUT2D eigenvalue weighted by molar-refractivity contribution is 5.86. The first-order valence-corrected chi connectivity index (χ1v) is 7.62. The maximum Gasteiger partial charge on any atom is -0.0103 e. The molecule has 0 aliphatic heterocycles. The van der Waals surface area contributed by atoms with Crippen LogP contribution in [0, 0.1) is 12.3 Å². The molecule has 0 atom stereocenters. The summed E-state index contributed by atoms with van der Waals surface area (Å²) in [5.74, 6) is 0. The van der Waals surface area contributed by atoms with Crippen LogP contribution in [0.5, 0.6) is 0 Å². The van der Waals surface area contributed by atoms with E-state index in [1.807, 2.05) is 0 Å². The number of allylic oxidation sites excluding steroid dienone is 4. The van der Waals surface area contributed by atoms with Gasteiger partial charge in [0.2, 0.25) is 0 Å². The summed E-state index contributed by atoms with van der Waals surface area (Å²) in [6.45, 7) is 6.74. The number of benzene rings is 2. The van der Waals surface area contributed by atoms with E-state index >= 15 is 0 Å². The van der Waals surface area contributed by atoms with Crippen molar-refractivity contribution in [2.75, 3.05) is 0 Å². The van der Waals surface area contributed by atoms with Crippen molar-refractivity contribution in [3.63, 3.8) is 0 Å². The second-order valence-electron chi connectivity index (χ2n) is 6.55. The van der Waals surface area contributed by atoms with E-state index in [0.29, 0.717) is 0 Å². The van der Waals surface area contributed by atoms with Crippen LogP contribution in [-0.2, 0) is 0 Å². The second kappa shape index (κ2) is 5.37. The Morgan fingerprint density at radius 3 is 2.05 bits per heavy atom. The lowest BCUT2D eigenvalue weighted by molar-refractivity contribution is 0.485. The molecule has 0 heterocycles. The van der Waals surface area contributed by atoms with Crippen LogP contribution >= 0.6 is 0 Å². The molecule has 106 valence electrons. The van der Waals surface area contributed by atoms with Gasteiger partial charge in [0.25, 0.3) is 0 Å². The van der Waals surface area contributed by atoms with E-state index in [1.165, 1.54) is 27.8 Å². The fraction of sp³-hybridized carbons (Fsp3) is 0.238. The summed E-state index contributed by atoms with van der Waals surface area (Å²) in [7, 11) is 0. The van der Waals surface area contributed by atoms with Crippen LogP contribution in [0.15, 0.2) is 66.8 Å². The lowest BCUT2D eigenvalue weighted by Gasteiger charge is -2.24. The Bertz CT molecular complexity index is 714. The topological polar surface area (TPSA) is 0 Å². The van der Waals surface area contributed by atoms with E-state index in [4.69, 9.17) is 0 Å². The molecular formula is C21H22. The van der Waals surface area contributed by atoms with Gasteiger partial charge in [-0.25, -0.2) is 0 Å². The maximum atomic E-state index is 2.37. The third-order valence-electron chi connectivity index (χ3n) is 4.24. The number of rotatable bonds is 2. The normalized spacial score (nSPS) is 16.6. The van der Waals surface area contributed by atoms with E-state index in [-0.39, 0.29) is 5.41 Å². The smallest absolute Gasteiger partial charge is 0.0103 e. The van der Waals surface area contributed by atoms with Crippen LogP contribution in [0.1, 0.15) is 31.4 Å². The first-order valence-electron chi connectivity index (χ1n) is 7.62. The summed E-state index contributed by atoms with van der Waals surface area (Å²) in [4.78, 5) is 0. The van der Waals surface area contributed by atoms with Gasteiger partial charge in [-0.1, -0.05) is 80.6 Å². The van der Waals surface area contributed by atoms with Crippen LogP contribution in [0.4, 0.5) is 0 Å². The standard InChI is InChI=1S/C21H22/c1-16-8-4-5-9-18(16)20-11-7-6-10-19(20)17-12-14-21(2,3)15-13-17/h4-14H,15H2,1-3H3. The minimum Gasteiger partial charge on any atom is -0.0779 e. The quantitative estimate of drug-likeness (QED) is 0.627. The zero-order valence-electron chi connectivity index (χ0n) is 13.1. The number of aryl methyl sites for hydroxylation is 1. The van der Waals surface area contributed by atoms with E-state index in [1.54, 1.807) is 0 Å². The molecule has 0 radical (unpaired) electrons. The van der Waals surface area contributed by atoms with Gasteiger partial charge in [0.05, 0.1) is 0 Å². The predicted octanol–water partition coefficient (Wildman–Crippen LogP) is 6.03. The van der Waals surface area contributed by atoms with Gasteiger partial charge in [0, 0.05) is 0 Å². The molecule has 0 saturated heterocycles. The Morgan fingerprint density at radius 1 is 0.810 bits per heavy atom. The van der Waals surface area contributed by atoms with Gasteiger partial charge in [0.1, 0.15) is 0 Å². The molecule has 0 unspecified atom stereocenters. The van der Waals surface area contributed by atoms with Crippen molar-refractivity contribution in [1.29, 1.82) is 0 Å². The molecule has 0 nitrogen and oxygen atoms in total. The van der Waals surface area contributed by atoms with E-state index in [2.05, 4.69) is 87.5 Å². The van der Waals surface area contributed by atoms with E-state index in [9.17, 15) is 0 Å². The van der Waals surface area contributed by atoms with Gasteiger partial charge in [-0.05, 0) is 46.6 Å². The predicted molar refractivity (Wildman–Crippen MR) is 92.1 cm³/mol. The fourth-order valence-corrected chi connectivity index (χ4v) is 2.87. The van der Waals surface area contributed by atoms with Crippen LogP contribution < -0.4 is 0 Å². The molecule has 0 spiro atoms. The molecule has 0 bridgehead atoms. The largest absolute Gasteiger partial charge is 0.0779 e. The maximum absolute atomic E-state index is 2.37. The van der Waals surface area contributed by atoms with Crippen molar-refractivity contribution in [2.45, 2.75) is 27.2 Å². The highest BCUT2D eigenvalue weighted by Gasteiger charge is 2.18. The summed E-state index contributed by atoms with van der Waals surface area (Å²) in [6, 6.07) is 17.3. The first-order chi connectivity index (χ1) is 10.1. The zero-order valence-corrected chi connectivity index (χ0v) is 13.1. The van der Waals surface area contributed by atoms with Gasteiger partial charge in [-0.3, -0.25) is 0 Å². The Labute approximate surface area is 127 Å². The average Bonchev–Trinajstić information content (AvgIpc) is 2.48. The summed E-state index contributed by atoms with van der Waals surface area (Å²) < 4.78 is 0. The molecule has 21 heavy (non-hydrogen) atoms. The third kappa shape index (κ3) is 2.85. The van der Waals surface area contributed by atoms with Crippen molar-refractivity contribution in [2.24, 2.45) is 5.41 Å². The molecule has 0 aromatic heterocycles. The van der Waals surface area contributed by atoms with Gasteiger partial charge >= 0.3 is 0 Å². The SMILES string of the molecule is Cc1ccccc1-c1ccccc1C1=CCC(C)(C)C=C1. The Hall–Kier alpha value is -2.08. The summed E-state index contributed by atoms with van der Waals surface area (Å²) in [5, 5.41) is 0. The highest BCUT2D eigenvalue weighted by atomic mass is 14.2. The third-order valence-corrected chi connectivity index (χ3v) is 4.24. The van der Waals surface area contributed by atoms with E-state index in [0.717, 1.165) is 6.42 Å². The van der Waals surface area contributed by atoms with Crippen molar-refractivity contribution in [3.8, 4) is 11.1 Å². The molecule has 1 aliphatic carbocycles. The van der Waals surface area contributed by atoms with Crippen molar-refractivity contribution >= 4 is 5.57 Å². The Morgan fingerprint density at radius 2 is 1.43 bits per heavy atom. The summed E-state index contributed by atoms with van der Waals surface area (Å²) in [5.41, 5.74) is 6.93. The Balaban J connectivity index is 2.08. The van der Waals surface area contributed by atoms with Crippen LogP contribution in [0.25, 0.3) is 16.7 Å². The molecule has 2 aromatic carbocycles. The van der Waals surface area contributed by atoms with Crippen molar-refractivity contribution < 1.29 is 0 Å². The second-order valence-corrected chi connectivity index (χ2v) is 6.55. The zero-order chi connectivity index (χ0) is 14.9. The van der Waals surface area contributed by atoms with Crippen LogP contribution in [0.2, 0.25) is 0 Å². The van der Waals surface area contributed by atoms with Crippen LogP contribution in [0.3, 0.4) is 0 Å². The number of hydrogen-bond acceptors (Lipinski definition) is 0. The molecule has 3 rings (SSSR count). The van der Waals surface area contributed by atoms with Crippen LogP contribution in [-0.4, -0.2) is 0 Å². The minimum absolute atomic E-state index is 0.279. The molecular weight excluding hydrogens is 252 g/mol. The van der Waals surface area contributed by atoms with E-state index < -0.39 is 0 Å². The Kier molecular flexibility index (Phi) is 3.55. The van der Waals surface area contributed by atoms with Gasteiger partial charge in [-0.2, -0.15) is 0 Å². The van der Waals surface area contributed by atoms with Crippen molar-refractivity contribution in [1.82, 2.24) is 0 Å². The fourth-order valence-electron chi connectivity index (χ4n) is 2.87. The molecule has 0 N–H and O–H groups in total. The summed E-state index contributed by atoms with van der Waals surface area (Å²) in [6.07, 6.45) is 8.08. The van der Waals surface area contributed by atoms with Gasteiger partial charge in [-0.15, -0.1) is 0 Å². The monoisotopic (exact) mass is 274 g/mol. The first kappa shape index (κ1) is 13.9. The molecule has 0 saturated carbocycles. The molecule has 1 aliphatic rings.